The van der Waals surface area contributed by atoms with Crippen LogP contribution in [0.1, 0.15) is 26.3 Å². The summed E-state index contributed by atoms with van der Waals surface area (Å²) in [6.07, 6.45) is 0. The molecule has 0 atom stereocenters. The third kappa shape index (κ3) is 2.67. The SMILES string of the molecule is CC[Si](CC)(CC)Cc1ccc2ccccc2c1. The maximum absolute atomic E-state index is 2.40. The summed E-state index contributed by atoms with van der Waals surface area (Å²) in [6.45, 7) is 7.17. The maximum atomic E-state index is 2.40. The zero-order valence-corrected chi connectivity index (χ0v) is 12.9. The third-order valence-electron chi connectivity index (χ3n) is 4.64. The Balaban J connectivity index is 2.31. The molecule has 0 aromatic heterocycles. The second kappa shape index (κ2) is 5.70. The number of benzene rings is 2. The predicted octanol–water partition coefficient (Wildman–Crippen LogP) is 5.43. The molecule has 0 nitrogen and oxygen atoms in total. The first kappa shape index (κ1) is 13.4. The number of hydrogen-bond donors (Lipinski definition) is 0. The van der Waals surface area contributed by atoms with E-state index in [9.17, 15) is 0 Å². The van der Waals surface area contributed by atoms with Gasteiger partial charge in [0.2, 0.25) is 0 Å². The van der Waals surface area contributed by atoms with Gasteiger partial charge in [-0.2, -0.15) is 0 Å². The first-order valence-electron chi connectivity index (χ1n) is 7.20. The van der Waals surface area contributed by atoms with Gasteiger partial charge in [0.25, 0.3) is 0 Å². The van der Waals surface area contributed by atoms with Crippen molar-refractivity contribution in [2.45, 2.75) is 44.9 Å². The Morgan fingerprint density at radius 3 is 2.00 bits per heavy atom. The molecule has 2 aromatic carbocycles. The van der Waals surface area contributed by atoms with E-state index in [-0.39, 0.29) is 0 Å². The van der Waals surface area contributed by atoms with Crippen molar-refractivity contribution >= 4 is 18.8 Å². The minimum Gasteiger partial charge on any atom is -0.0678 e. The zero-order valence-electron chi connectivity index (χ0n) is 11.9. The van der Waals surface area contributed by atoms with E-state index >= 15 is 0 Å². The number of fused-ring (bicyclic) bond motifs is 1. The van der Waals surface area contributed by atoms with Crippen LogP contribution in [0.5, 0.6) is 0 Å². The molecule has 0 heterocycles. The lowest BCUT2D eigenvalue weighted by atomic mass is 10.1. The summed E-state index contributed by atoms with van der Waals surface area (Å²) in [5, 5.41) is 2.75. The van der Waals surface area contributed by atoms with Crippen LogP contribution in [0.15, 0.2) is 42.5 Å². The number of hydrogen-bond acceptors (Lipinski definition) is 0. The van der Waals surface area contributed by atoms with Crippen LogP contribution in [0.4, 0.5) is 0 Å². The van der Waals surface area contributed by atoms with E-state index in [2.05, 4.69) is 63.2 Å². The molecule has 0 N–H and O–H groups in total. The maximum Gasteiger partial charge on any atom is 0.0571 e. The normalized spacial score (nSPS) is 11.9. The van der Waals surface area contributed by atoms with E-state index in [0.29, 0.717) is 0 Å². The topological polar surface area (TPSA) is 0 Å². The minimum absolute atomic E-state index is 1.05. The molecule has 0 bridgehead atoms. The van der Waals surface area contributed by atoms with E-state index in [4.69, 9.17) is 0 Å². The Hall–Kier alpha value is -1.08. The van der Waals surface area contributed by atoms with E-state index in [1.165, 1.54) is 34.9 Å². The highest BCUT2D eigenvalue weighted by molar-refractivity contribution is 6.79. The molecular formula is C17H24Si. The van der Waals surface area contributed by atoms with Crippen LogP contribution >= 0.6 is 0 Å². The van der Waals surface area contributed by atoms with Gasteiger partial charge < -0.3 is 0 Å². The van der Waals surface area contributed by atoms with E-state index < -0.39 is 8.07 Å². The van der Waals surface area contributed by atoms with Crippen LogP contribution in [0.2, 0.25) is 18.1 Å². The summed E-state index contributed by atoms with van der Waals surface area (Å²) in [7, 11) is -1.05. The van der Waals surface area contributed by atoms with Crippen molar-refractivity contribution < 1.29 is 0 Å². The molecule has 0 saturated carbocycles. The van der Waals surface area contributed by atoms with Crippen molar-refractivity contribution in [3.05, 3.63) is 48.0 Å². The fourth-order valence-corrected chi connectivity index (χ4v) is 6.24. The summed E-state index contributed by atoms with van der Waals surface area (Å²) in [5.41, 5.74) is 1.55. The Labute approximate surface area is 112 Å². The van der Waals surface area contributed by atoms with Crippen molar-refractivity contribution in [3.63, 3.8) is 0 Å². The Bertz CT molecular complexity index is 503. The largest absolute Gasteiger partial charge is 0.0678 e. The highest BCUT2D eigenvalue weighted by Gasteiger charge is 2.26. The van der Waals surface area contributed by atoms with Crippen LogP contribution < -0.4 is 0 Å². The third-order valence-corrected chi connectivity index (χ3v) is 10.3. The Kier molecular flexibility index (Phi) is 4.23. The lowest BCUT2D eigenvalue weighted by Crippen LogP contribution is -2.34. The minimum atomic E-state index is -1.05. The lowest BCUT2D eigenvalue weighted by molar-refractivity contribution is 1.10. The van der Waals surface area contributed by atoms with Crippen molar-refractivity contribution in [2.75, 3.05) is 0 Å². The number of rotatable bonds is 5. The first-order chi connectivity index (χ1) is 8.73. The smallest absolute Gasteiger partial charge is 0.0571 e. The van der Waals surface area contributed by atoms with Crippen molar-refractivity contribution in [1.29, 1.82) is 0 Å². The molecule has 2 rings (SSSR count). The molecule has 1 heteroatoms. The molecule has 0 amide bonds. The van der Waals surface area contributed by atoms with Crippen molar-refractivity contribution in [2.24, 2.45) is 0 Å². The van der Waals surface area contributed by atoms with Gasteiger partial charge in [0.15, 0.2) is 0 Å². The molecule has 18 heavy (non-hydrogen) atoms. The Morgan fingerprint density at radius 1 is 0.778 bits per heavy atom. The van der Waals surface area contributed by atoms with E-state index in [1.807, 2.05) is 0 Å². The second-order valence-electron chi connectivity index (χ2n) is 5.42. The van der Waals surface area contributed by atoms with E-state index in [0.717, 1.165) is 0 Å². The molecule has 0 aliphatic carbocycles. The molecule has 2 aromatic rings. The summed E-state index contributed by atoms with van der Waals surface area (Å²) in [4.78, 5) is 0. The quantitative estimate of drug-likeness (QED) is 0.626. The molecule has 0 spiro atoms. The van der Waals surface area contributed by atoms with Gasteiger partial charge in [-0.05, 0) is 16.8 Å². The second-order valence-corrected chi connectivity index (χ2v) is 10.9. The molecule has 0 aliphatic rings. The Morgan fingerprint density at radius 2 is 1.39 bits per heavy atom. The van der Waals surface area contributed by atoms with Gasteiger partial charge in [-0.15, -0.1) is 0 Å². The average molecular weight is 256 g/mol. The summed E-state index contributed by atoms with van der Waals surface area (Å²) in [6, 6.07) is 21.3. The van der Waals surface area contributed by atoms with Gasteiger partial charge in [-0.3, -0.25) is 0 Å². The molecule has 0 saturated heterocycles. The monoisotopic (exact) mass is 256 g/mol. The summed E-state index contributed by atoms with van der Waals surface area (Å²) < 4.78 is 0. The van der Waals surface area contributed by atoms with Crippen LogP contribution in [-0.4, -0.2) is 8.07 Å². The predicted molar refractivity (Wildman–Crippen MR) is 84.8 cm³/mol. The first-order valence-corrected chi connectivity index (χ1v) is 10.0. The molecule has 96 valence electrons. The van der Waals surface area contributed by atoms with Gasteiger partial charge in [-0.1, -0.05) is 86.9 Å². The van der Waals surface area contributed by atoms with Gasteiger partial charge in [0, 0.05) is 0 Å². The van der Waals surface area contributed by atoms with Crippen LogP contribution in [-0.2, 0) is 6.04 Å². The van der Waals surface area contributed by atoms with Crippen molar-refractivity contribution in [1.82, 2.24) is 0 Å². The molecule has 0 aliphatic heterocycles. The summed E-state index contributed by atoms with van der Waals surface area (Å²) in [5.74, 6) is 0. The van der Waals surface area contributed by atoms with Crippen LogP contribution in [0.3, 0.4) is 0 Å². The van der Waals surface area contributed by atoms with Gasteiger partial charge in [0.05, 0.1) is 8.07 Å². The highest BCUT2D eigenvalue weighted by Crippen LogP contribution is 2.26. The molecule has 0 radical (unpaired) electrons. The van der Waals surface area contributed by atoms with Gasteiger partial charge in [-0.25, -0.2) is 0 Å². The standard InChI is InChI=1S/C17H24Si/c1-4-18(5-2,6-3)14-15-11-12-16-9-7-8-10-17(16)13-15/h7-13H,4-6,14H2,1-3H3. The van der Waals surface area contributed by atoms with Gasteiger partial charge in [0.1, 0.15) is 0 Å². The fraction of sp³-hybridized carbons (Fsp3) is 0.412. The summed E-state index contributed by atoms with van der Waals surface area (Å²) >= 11 is 0. The van der Waals surface area contributed by atoms with Crippen molar-refractivity contribution in [3.8, 4) is 0 Å². The molecular weight excluding hydrogens is 232 g/mol. The fourth-order valence-electron chi connectivity index (χ4n) is 2.91. The van der Waals surface area contributed by atoms with Gasteiger partial charge >= 0.3 is 0 Å². The molecule has 0 unspecified atom stereocenters. The van der Waals surface area contributed by atoms with Crippen LogP contribution in [0.25, 0.3) is 10.8 Å². The lowest BCUT2D eigenvalue weighted by Gasteiger charge is -2.28. The average Bonchev–Trinajstić information content (AvgIpc) is 2.45. The van der Waals surface area contributed by atoms with Crippen LogP contribution in [0, 0.1) is 0 Å². The molecule has 0 fully saturated rings. The van der Waals surface area contributed by atoms with E-state index in [1.54, 1.807) is 5.56 Å². The highest BCUT2D eigenvalue weighted by atomic mass is 28.3. The zero-order chi connectivity index (χ0) is 13.0.